The fraction of sp³-hybridized carbons (Fsp3) is 0.923. The first kappa shape index (κ1) is 14.4. The van der Waals surface area contributed by atoms with Gasteiger partial charge in [0.2, 0.25) is 0 Å². The van der Waals surface area contributed by atoms with Crippen molar-refractivity contribution in [1.29, 1.82) is 0 Å². The van der Waals surface area contributed by atoms with E-state index in [1.165, 1.54) is 30.5 Å². The van der Waals surface area contributed by atoms with Crippen molar-refractivity contribution in [2.45, 2.75) is 51.6 Å². The standard InChI is InChI=1S/C13H26N6/c1-4-19(9-12-15-17-18(3)16-12)13(10-14)7-5-11(2)6-8-13/h11H,4-10,14H2,1-3H3. The lowest BCUT2D eigenvalue weighted by Crippen LogP contribution is -2.55. The third kappa shape index (κ3) is 3.12. The molecule has 6 heteroatoms. The van der Waals surface area contributed by atoms with Crippen molar-refractivity contribution >= 4 is 0 Å². The van der Waals surface area contributed by atoms with E-state index in [1.54, 1.807) is 7.05 Å². The Balaban J connectivity index is 2.10. The van der Waals surface area contributed by atoms with Crippen molar-refractivity contribution in [3.63, 3.8) is 0 Å². The molecule has 1 saturated carbocycles. The molecule has 0 aliphatic heterocycles. The van der Waals surface area contributed by atoms with Gasteiger partial charge in [-0.2, -0.15) is 4.80 Å². The fourth-order valence-corrected chi connectivity index (χ4v) is 3.12. The van der Waals surface area contributed by atoms with Gasteiger partial charge in [0.15, 0.2) is 5.82 Å². The maximum Gasteiger partial charge on any atom is 0.188 e. The number of nitrogens with two attached hydrogens (primary N) is 1. The predicted molar refractivity (Wildman–Crippen MR) is 74.3 cm³/mol. The summed E-state index contributed by atoms with van der Waals surface area (Å²) in [5.74, 6) is 1.61. The second-order valence-corrected chi connectivity index (χ2v) is 5.82. The summed E-state index contributed by atoms with van der Waals surface area (Å²) >= 11 is 0. The molecule has 0 amide bonds. The number of hydrogen-bond acceptors (Lipinski definition) is 5. The van der Waals surface area contributed by atoms with Crippen LogP contribution in [-0.4, -0.2) is 43.7 Å². The van der Waals surface area contributed by atoms with Crippen LogP contribution in [0.25, 0.3) is 0 Å². The molecule has 1 aliphatic carbocycles. The normalized spacial score (nSPS) is 27.9. The van der Waals surface area contributed by atoms with E-state index in [0.29, 0.717) is 6.54 Å². The van der Waals surface area contributed by atoms with Gasteiger partial charge >= 0.3 is 0 Å². The highest BCUT2D eigenvalue weighted by Crippen LogP contribution is 2.36. The second kappa shape index (κ2) is 5.96. The number of aryl methyl sites for hydroxylation is 1. The first-order valence-electron chi connectivity index (χ1n) is 7.27. The van der Waals surface area contributed by atoms with E-state index >= 15 is 0 Å². The third-order valence-electron chi connectivity index (χ3n) is 4.52. The first-order valence-corrected chi connectivity index (χ1v) is 7.27. The highest BCUT2D eigenvalue weighted by Gasteiger charge is 2.38. The van der Waals surface area contributed by atoms with E-state index in [-0.39, 0.29) is 5.54 Å². The Morgan fingerprint density at radius 2 is 2.11 bits per heavy atom. The number of nitrogens with zero attached hydrogens (tertiary/aromatic N) is 5. The minimum Gasteiger partial charge on any atom is -0.329 e. The smallest absolute Gasteiger partial charge is 0.188 e. The van der Waals surface area contributed by atoms with Crippen molar-refractivity contribution in [3.8, 4) is 0 Å². The van der Waals surface area contributed by atoms with E-state index in [4.69, 9.17) is 5.73 Å². The summed E-state index contributed by atoms with van der Waals surface area (Å²) in [5, 5.41) is 12.3. The Morgan fingerprint density at radius 1 is 1.42 bits per heavy atom. The molecule has 1 aromatic rings. The zero-order chi connectivity index (χ0) is 13.9. The Bertz CT molecular complexity index is 394. The second-order valence-electron chi connectivity index (χ2n) is 5.82. The van der Waals surface area contributed by atoms with Crippen LogP contribution < -0.4 is 5.73 Å². The van der Waals surface area contributed by atoms with Crippen LogP contribution in [0, 0.1) is 5.92 Å². The lowest BCUT2D eigenvalue weighted by molar-refractivity contribution is 0.0402. The Morgan fingerprint density at radius 3 is 2.58 bits per heavy atom. The van der Waals surface area contributed by atoms with Crippen molar-refractivity contribution in [1.82, 2.24) is 25.1 Å². The van der Waals surface area contributed by atoms with Crippen molar-refractivity contribution in [2.75, 3.05) is 13.1 Å². The van der Waals surface area contributed by atoms with Gasteiger partial charge < -0.3 is 5.73 Å². The molecule has 0 bridgehead atoms. The van der Waals surface area contributed by atoms with Crippen LogP contribution >= 0.6 is 0 Å². The topological polar surface area (TPSA) is 72.9 Å². The first-order chi connectivity index (χ1) is 9.09. The van der Waals surface area contributed by atoms with E-state index in [1.807, 2.05) is 0 Å². The molecule has 1 fully saturated rings. The highest BCUT2D eigenvalue weighted by atomic mass is 15.6. The Labute approximate surface area is 115 Å². The molecule has 0 atom stereocenters. The number of rotatable bonds is 5. The van der Waals surface area contributed by atoms with Gasteiger partial charge in [-0.25, -0.2) is 0 Å². The van der Waals surface area contributed by atoms with Crippen molar-refractivity contribution in [2.24, 2.45) is 18.7 Å². The summed E-state index contributed by atoms with van der Waals surface area (Å²) < 4.78 is 0. The average molecular weight is 266 g/mol. The number of aromatic nitrogens is 4. The third-order valence-corrected chi connectivity index (χ3v) is 4.52. The van der Waals surface area contributed by atoms with E-state index < -0.39 is 0 Å². The Kier molecular flexibility index (Phi) is 4.52. The van der Waals surface area contributed by atoms with E-state index in [9.17, 15) is 0 Å². The predicted octanol–water partition coefficient (Wildman–Crippen LogP) is 0.940. The molecule has 0 radical (unpaired) electrons. The van der Waals surface area contributed by atoms with Crippen LogP contribution in [-0.2, 0) is 13.6 Å². The largest absolute Gasteiger partial charge is 0.329 e. The average Bonchev–Trinajstić information content (AvgIpc) is 2.83. The molecule has 0 unspecified atom stereocenters. The van der Waals surface area contributed by atoms with Crippen LogP contribution in [0.5, 0.6) is 0 Å². The van der Waals surface area contributed by atoms with Gasteiger partial charge in [-0.1, -0.05) is 13.8 Å². The van der Waals surface area contributed by atoms with E-state index in [2.05, 4.69) is 34.2 Å². The van der Waals surface area contributed by atoms with E-state index in [0.717, 1.165) is 24.8 Å². The maximum atomic E-state index is 6.12. The number of tetrazole rings is 1. The van der Waals surface area contributed by atoms with Gasteiger partial charge in [0.25, 0.3) is 0 Å². The molecule has 19 heavy (non-hydrogen) atoms. The summed E-state index contributed by atoms with van der Waals surface area (Å²) in [5.41, 5.74) is 6.24. The summed E-state index contributed by atoms with van der Waals surface area (Å²) in [7, 11) is 1.80. The Hall–Kier alpha value is -1.01. The van der Waals surface area contributed by atoms with Gasteiger partial charge in [-0.05, 0) is 43.4 Å². The van der Waals surface area contributed by atoms with Gasteiger partial charge in [0.1, 0.15) is 0 Å². The summed E-state index contributed by atoms with van der Waals surface area (Å²) in [6.45, 7) is 6.96. The van der Waals surface area contributed by atoms with Crippen LogP contribution in [0.2, 0.25) is 0 Å². The molecule has 0 aromatic carbocycles. The lowest BCUT2D eigenvalue weighted by Gasteiger charge is -2.46. The fourth-order valence-electron chi connectivity index (χ4n) is 3.12. The molecule has 0 spiro atoms. The number of hydrogen-bond donors (Lipinski definition) is 1. The van der Waals surface area contributed by atoms with Crippen LogP contribution in [0.4, 0.5) is 0 Å². The molecular formula is C13H26N6. The van der Waals surface area contributed by atoms with Gasteiger partial charge in [-0.3, -0.25) is 4.90 Å². The maximum absolute atomic E-state index is 6.12. The minimum atomic E-state index is 0.125. The van der Waals surface area contributed by atoms with Crippen molar-refractivity contribution in [3.05, 3.63) is 5.82 Å². The molecule has 0 saturated heterocycles. The van der Waals surface area contributed by atoms with Gasteiger partial charge in [0, 0.05) is 12.1 Å². The zero-order valence-corrected chi connectivity index (χ0v) is 12.3. The monoisotopic (exact) mass is 266 g/mol. The van der Waals surface area contributed by atoms with Crippen LogP contribution in [0.3, 0.4) is 0 Å². The molecule has 1 aliphatic rings. The molecule has 2 N–H and O–H groups in total. The van der Waals surface area contributed by atoms with Crippen molar-refractivity contribution < 1.29 is 0 Å². The van der Waals surface area contributed by atoms with Crippen LogP contribution in [0.15, 0.2) is 0 Å². The SMILES string of the molecule is CCN(Cc1nnn(C)n1)C1(CN)CCC(C)CC1. The molecule has 6 nitrogen and oxygen atoms in total. The van der Waals surface area contributed by atoms with Crippen LogP contribution in [0.1, 0.15) is 45.4 Å². The summed E-state index contributed by atoms with van der Waals surface area (Å²) in [6.07, 6.45) is 4.89. The highest BCUT2D eigenvalue weighted by molar-refractivity contribution is 4.96. The summed E-state index contributed by atoms with van der Waals surface area (Å²) in [4.78, 5) is 3.96. The van der Waals surface area contributed by atoms with Gasteiger partial charge in [0.05, 0.1) is 13.6 Å². The molecule has 108 valence electrons. The minimum absolute atomic E-state index is 0.125. The van der Waals surface area contributed by atoms with Gasteiger partial charge in [-0.15, -0.1) is 10.2 Å². The molecule has 1 heterocycles. The summed E-state index contributed by atoms with van der Waals surface area (Å²) in [6, 6.07) is 0. The number of likely N-dealkylation sites (N-methyl/N-ethyl adjacent to an activating group) is 1. The quantitative estimate of drug-likeness (QED) is 0.858. The lowest BCUT2D eigenvalue weighted by atomic mass is 9.76. The molecular weight excluding hydrogens is 240 g/mol. The molecule has 2 rings (SSSR count). The zero-order valence-electron chi connectivity index (χ0n) is 12.3. The molecule has 1 aromatic heterocycles.